The second kappa shape index (κ2) is 4.53. The SMILES string of the molecule is COC(=O)C1CCC(=O)N1c1cccc(F)c1. The van der Waals surface area contributed by atoms with Crippen molar-refractivity contribution in [2.45, 2.75) is 18.9 Å². The number of halogens is 1. The molecular formula is C12H12FNO3. The maximum atomic E-state index is 13.1. The van der Waals surface area contributed by atoms with Crippen LogP contribution in [0.15, 0.2) is 24.3 Å². The predicted molar refractivity (Wildman–Crippen MR) is 58.9 cm³/mol. The molecule has 1 aromatic carbocycles. The van der Waals surface area contributed by atoms with Crippen molar-refractivity contribution in [3.8, 4) is 0 Å². The molecule has 2 rings (SSSR count). The summed E-state index contributed by atoms with van der Waals surface area (Å²) < 4.78 is 17.7. The van der Waals surface area contributed by atoms with E-state index in [2.05, 4.69) is 4.74 Å². The van der Waals surface area contributed by atoms with Gasteiger partial charge >= 0.3 is 5.97 Å². The van der Waals surface area contributed by atoms with Crippen LogP contribution in [0.25, 0.3) is 0 Å². The van der Waals surface area contributed by atoms with Crippen LogP contribution in [0.1, 0.15) is 12.8 Å². The molecule has 1 saturated heterocycles. The fraction of sp³-hybridized carbons (Fsp3) is 0.333. The van der Waals surface area contributed by atoms with Gasteiger partial charge in [0.05, 0.1) is 7.11 Å². The molecule has 1 aliphatic rings. The number of rotatable bonds is 2. The van der Waals surface area contributed by atoms with Gasteiger partial charge in [0.25, 0.3) is 0 Å². The van der Waals surface area contributed by atoms with Crippen LogP contribution < -0.4 is 4.90 Å². The van der Waals surface area contributed by atoms with Crippen LogP contribution in [-0.4, -0.2) is 25.0 Å². The minimum atomic E-state index is -0.644. The lowest BCUT2D eigenvalue weighted by Crippen LogP contribution is -2.39. The van der Waals surface area contributed by atoms with E-state index in [0.717, 1.165) is 0 Å². The third-order valence-corrected chi connectivity index (χ3v) is 2.77. The molecule has 1 unspecified atom stereocenters. The van der Waals surface area contributed by atoms with Gasteiger partial charge in [0.2, 0.25) is 5.91 Å². The second-order valence-electron chi connectivity index (χ2n) is 3.82. The third kappa shape index (κ3) is 2.13. The second-order valence-corrected chi connectivity index (χ2v) is 3.82. The summed E-state index contributed by atoms with van der Waals surface area (Å²) in [6, 6.07) is 4.98. The summed E-state index contributed by atoms with van der Waals surface area (Å²) in [4.78, 5) is 24.5. The topological polar surface area (TPSA) is 46.6 Å². The van der Waals surface area contributed by atoms with E-state index >= 15 is 0 Å². The minimum Gasteiger partial charge on any atom is -0.467 e. The Bertz CT molecular complexity index is 461. The van der Waals surface area contributed by atoms with Crippen molar-refractivity contribution < 1.29 is 18.7 Å². The molecule has 90 valence electrons. The molecule has 17 heavy (non-hydrogen) atoms. The lowest BCUT2D eigenvalue weighted by Gasteiger charge is -2.22. The third-order valence-electron chi connectivity index (χ3n) is 2.77. The molecular weight excluding hydrogens is 225 g/mol. The quantitative estimate of drug-likeness (QED) is 0.732. The molecule has 1 aliphatic heterocycles. The zero-order valence-electron chi connectivity index (χ0n) is 9.35. The summed E-state index contributed by atoms with van der Waals surface area (Å²) in [7, 11) is 1.27. The average molecular weight is 237 g/mol. The molecule has 0 aromatic heterocycles. The van der Waals surface area contributed by atoms with Crippen molar-refractivity contribution in [2.75, 3.05) is 12.0 Å². The van der Waals surface area contributed by atoms with Gasteiger partial charge in [-0.1, -0.05) is 6.07 Å². The predicted octanol–water partition coefficient (Wildman–Crippen LogP) is 1.49. The van der Waals surface area contributed by atoms with E-state index in [9.17, 15) is 14.0 Å². The summed E-state index contributed by atoms with van der Waals surface area (Å²) in [6.45, 7) is 0. The number of hydrogen-bond donors (Lipinski definition) is 0. The van der Waals surface area contributed by atoms with E-state index < -0.39 is 17.8 Å². The van der Waals surface area contributed by atoms with Crippen molar-refractivity contribution in [1.82, 2.24) is 0 Å². The highest BCUT2D eigenvalue weighted by molar-refractivity contribution is 6.02. The van der Waals surface area contributed by atoms with Crippen molar-refractivity contribution in [3.63, 3.8) is 0 Å². The zero-order chi connectivity index (χ0) is 12.4. The van der Waals surface area contributed by atoms with Crippen LogP contribution in [0.3, 0.4) is 0 Å². The first-order valence-electron chi connectivity index (χ1n) is 5.29. The van der Waals surface area contributed by atoms with E-state index in [4.69, 9.17) is 0 Å². The van der Waals surface area contributed by atoms with E-state index in [-0.39, 0.29) is 12.3 Å². The molecule has 5 heteroatoms. The summed E-state index contributed by atoms with van der Waals surface area (Å²) in [5.41, 5.74) is 0.392. The number of esters is 1. The van der Waals surface area contributed by atoms with Crippen LogP contribution in [0.5, 0.6) is 0 Å². The van der Waals surface area contributed by atoms with Crippen molar-refractivity contribution in [2.24, 2.45) is 0 Å². The molecule has 4 nitrogen and oxygen atoms in total. The van der Waals surface area contributed by atoms with Gasteiger partial charge in [-0.25, -0.2) is 9.18 Å². The number of amides is 1. The molecule has 1 amide bonds. The highest BCUT2D eigenvalue weighted by Crippen LogP contribution is 2.27. The molecule has 0 saturated carbocycles. The van der Waals surface area contributed by atoms with Crippen LogP contribution in [0.2, 0.25) is 0 Å². The van der Waals surface area contributed by atoms with Crippen LogP contribution in [-0.2, 0) is 14.3 Å². The van der Waals surface area contributed by atoms with Crippen LogP contribution in [0, 0.1) is 5.82 Å². The number of ether oxygens (including phenoxy) is 1. The molecule has 1 heterocycles. The van der Waals surface area contributed by atoms with Crippen LogP contribution in [0.4, 0.5) is 10.1 Å². The van der Waals surface area contributed by atoms with Crippen LogP contribution >= 0.6 is 0 Å². The van der Waals surface area contributed by atoms with Gasteiger partial charge in [-0.15, -0.1) is 0 Å². The van der Waals surface area contributed by atoms with E-state index in [0.29, 0.717) is 12.1 Å². The smallest absolute Gasteiger partial charge is 0.328 e. The Morgan fingerprint density at radius 3 is 2.94 bits per heavy atom. The van der Waals surface area contributed by atoms with Gasteiger partial charge in [-0.2, -0.15) is 0 Å². The molecule has 0 N–H and O–H groups in total. The summed E-state index contributed by atoms with van der Waals surface area (Å²) in [6.07, 6.45) is 0.679. The van der Waals surface area contributed by atoms with Crippen molar-refractivity contribution in [1.29, 1.82) is 0 Å². The number of benzene rings is 1. The molecule has 1 fully saturated rings. The molecule has 0 bridgehead atoms. The number of carbonyl (C=O) groups excluding carboxylic acids is 2. The van der Waals surface area contributed by atoms with Crippen molar-refractivity contribution >= 4 is 17.6 Å². The molecule has 1 aromatic rings. The Kier molecular flexibility index (Phi) is 3.08. The maximum absolute atomic E-state index is 13.1. The number of methoxy groups -OCH3 is 1. The molecule has 0 radical (unpaired) electrons. The zero-order valence-corrected chi connectivity index (χ0v) is 9.35. The number of hydrogen-bond acceptors (Lipinski definition) is 3. The molecule has 0 aliphatic carbocycles. The van der Waals surface area contributed by atoms with Gasteiger partial charge in [0, 0.05) is 12.1 Å². The van der Waals surface area contributed by atoms with Gasteiger partial charge in [0.15, 0.2) is 0 Å². The van der Waals surface area contributed by atoms with Gasteiger partial charge < -0.3 is 4.74 Å². The molecule has 0 spiro atoms. The van der Waals surface area contributed by atoms with Gasteiger partial charge in [-0.3, -0.25) is 9.69 Å². The molecule has 1 atom stereocenters. The average Bonchev–Trinajstić information content (AvgIpc) is 2.70. The number of carbonyl (C=O) groups is 2. The maximum Gasteiger partial charge on any atom is 0.328 e. The fourth-order valence-electron chi connectivity index (χ4n) is 1.99. The first kappa shape index (κ1) is 11.6. The first-order chi connectivity index (χ1) is 8.13. The van der Waals surface area contributed by atoms with Gasteiger partial charge in [-0.05, 0) is 24.6 Å². The number of nitrogens with zero attached hydrogens (tertiary/aromatic N) is 1. The van der Waals surface area contributed by atoms with Crippen molar-refractivity contribution in [3.05, 3.63) is 30.1 Å². The Hall–Kier alpha value is -1.91. The fourth-order valence-corrected chi connectivity index (χ4v) is 1.99. The van der Waals surface area contributed by atoms with E-state index in [1.54, 1.807) is 6.07 Å². The highest BCUT2D eigenvalue weighted by atomic mass is 19.1. The Morgan fingerprint density at radius 1 is 1.53 bits per heavy atom. The summed E-state index contributed by atoms with van der Waals surface area (Å²) >= 11 is 0. The standard InChI is InChI=1S/C12H12FNO3/c1-17-12(16)10-5-6-11(15)14(10)9-4-2-3-8(13)7-9/h2-4,7,10H,5-6H2,1H3. The first-order valence-corrected chi connectivity index (χ1v) is 5.29. The highest BCUT2D eigenvalue weighted by Gasteiger charge is 2.37. The minimum absolute atomic E-state index is 0.189. The monoisotopic (exact) mass is 237 g/mol. The Morgan fingerprint density at radius 2 is 2.29 bits per heavy atom. The van der Waals surface area contributed by atoms with Gasteiger partial charge in [0.1, 0.15) is 11.9 Å². The lowest BCUT2D eigenvalue weighted by molar-refractivity contribution is -0.142. The van der Waals surface area contributed by atoms with E-state index in [1.165, 1.54) is 30.2 Å². The van der Waals surface area contributed by atoms with E-state index in [1.807, 2.05) is 0 Å². The lowest BCUT2D eigenvalue weighted by atomic mass is 10.2. The Labute approximate surface area is 98.0 Å². The normalized spacial score (nSPS) is 19.5. The Balaban J connectivity index is 2.34. The summed E-state index contributed by atoms with van der Waals surface area (Å²) in [5, 5.41) is 0. The summed E-state index contributed by atoms with van der Waals surface area (Å²) in [5.74, 6) is -1.10. The number of anilines is 1. The largest absolute Gasteiger partial charge is 0.467 e.